The van der Waals surface area contributed by atoms with Crippen LogP contribution in [-0.2, 0) is 28.8 Å². The lowest BCUT2D eigenvalue weighted by atomic mass is 10.1. The van der Waals surface area contributed by atoms with Gasteiger partial charge in [-0.15, -0.1) is 11.3 Å². The van der Waals surface area contributed by atoms with Crippen LogP contribution in [0.1, 0.15) is 42.5 Å². The van der Waals surface area contributed by atoms with E-state index in [1.807, 2.05) is 13.8 Å². The molecule has 0 bridgehead atoms. The zero-order chi connectivity index (χ0) is 13.5. The molecule has 0 amide bonds. The van der Waals surface area contributed by atoms with Crippen molar-refractivity contribution in [3.8, 4) is 0 Å². The second-order valence-electron chi connectivity index (χ2n) is 4.53. The highest BCUT2D eigenvalue weighted by Gasteiger charge is 2.12. The second-order valence-corrected chi connectivity index (χ2v) is 5.75. The van der Waals surface area contributed by atoms with Crippen molar-refractivity contribution in [2.24, 2.45) is 0 Å². The number of hydrogen-bond donors (Lipinski definition) is 0. The Morgan fingerprint density at radius 2 is 2.11 bits per heavy atom. The first-order valence-electron chi connectivity index (χ1n) is 6.47. The second kappa shape index (κ2) is 7.37. The molecular weight excluding hydrogens is 244 g/mol. The third-order valence-corrected chi connectivity index (χ3v) is 3.78. The summed E-state index contributed by atoms with van der Waals surface area (Å²) in [5.41, 5.74) is 2.49. The van der Waals surface area contributed by atoms with Gasteiger partial charge in [-0.05, 0) is 38.3 Å². The topological polar surface area (TPSA) is 26.3 Å². The number of thiophene rings is 1. The monoisotopic (exact) mass is 266 g/mol. The number of rotatable bonds is 7. The predicted molar refractivity (Wildman–Crippen MR) is 77.2 cm³/mol. The maximum absolute atomic E-state index is 11.5. The van der Waals surface area contributed by atoms with Crippen LogP contribution in [0.3, 0.4) is 0 Å². The van der Waals surface area contributed by atoms with Crippen LogP contribution in [-0.4, -0.2) is 12.6 Å². The summed E-state index contributed by atoms with van der Waals surface area (Å²) in [7, 11) is 0. The molecule has 0 saturated carbocycles. The van der Waals surface area contributed by atoms with Gasteiger partial charge in [-0.25, -0.2) is 0 Å². The van der Waals surface area contributed by atoms with Gasteiger partial charge in [-0.1, -0.05) is 25.5 Å². The van der Waals surface area contributed by atoms with Crippen molar-refractivity contribution in [1.29, 1.82) is 0 Å². The van der Waals surface area contributed by atoms with E-state index in [9.17, 15) is 4.79 Å². The summed E-state index contributed by atoms with van der Waals surface area (Å²) in [6.45, 7) is 10.5. The summed E-state index contributed by atoms with van der Waals surface area (Å²) in [6.07, 6.45) is 3.51. The highest BCUT2D eigenvalue weighted by atomic mass is 32.1. The molecule has 1 aromatic rings. The van der Waals surface area contributed by atoms with Gasteiger partial charge < -0.3 is 4.74 Å². The van der Waals surface area contributed by atoms with E-state index in [0.29, 0.717) is 13.0 Å². The Kier molecular flexibility index (Phi) is 6.13. The van der Waals surface area contributed by atoms with Gasteiger partial charge in [-0.3, -0.25) is 4.79 Å². The van der Waals surface area contributed by atoms with Crippen molar-refractivity contribution in [1.82, 2.24) is 0 Å². The van der Waals surface area contributed by atoms with Crippen molar-refractivity contribution >= 4 is 17.3 Å². The van der Waals surface area contributed by atoms with Crippen LogP contribution >= 0.6 is 11.3 Å². The number of carbonyl (C=O) groups is 1. The van der Waals surface area contributed by atoms with Crippen LogP contribution < -0.4 is 0 Å². The lowest BCUT2D eigenvalue weighted by molar-refractivity contribution is -0.142. The number of hydrogen-bond acceptors (Lipinski definition) is 3. The SMILES string of the molecule is C=C(C)Cc1cc(CC(=O)OCC)sc1CCC. The molecule has 2 nitrogen and oxygen atoms in total. The first-order chi connectivity index (χ1) is 8.56. The van der Waals surface area contributed by atoms with Crippen molar-refractivity contribution in [2.75, 3.05) is 6.61 Å². The van der Waals surface area contributed by atoms with Crippen LogP contribution in [0.5, 0.6) is 0 Å². The van der Waals surface area contributed by atoms with Gasteiger partial charge in [0.1, 0.15) is 0 Å². The minimum Gasteiger partial charge on any atom is -0.466 e. The largest absolute Gasteiger partial charge is 0.466 e. The third kappa shape index (κ3) is 4.65. The normalized spacial score (nSPS) is 10.4. The van der Waals surface area contributed by atoms with E-state index in [2.05, 4.69) is 19.6 Å². The van der Waals surface area contributed by atoms with Gasteiger partial charge in [0.15, 0.2) is 0 Å². The lowest BCUT2D eigenvalue weighted by Crippen LogP contribution is -2.06. The highest BCUT2D eigenvalue weighted by molar-refractivity contribution is 7.12. The summed E-state index contributed by atoms with van der Waals surface area (Å²) in [5.74, 6) is -0.135. The van der Waals surface area contributed by atoms with E-state index >= 15 is 0 Å². The molecule has 0 aromatic carbocycles. The minimum absolute atomic E-state index is 0.135. The van der Waals surface area contributed by atoms with E-state index < -0.39 is 0 Å². The summed E-state index contributed by atoms with van der Waals surface area (Å²) in [6, 6.07) is 2.14. The fraction of sp³-hybridized carbons (Fsp3) is 0.533. The van der Waals surface area contributed by atoms with Crippen molar-refractivity contribution < 1.29 is 9.53 Å². The Balaban J connectivity index is 2.80. The van der Waals surface area contributed by atoms with Gasteiger partial charge in [0.2, 0.25) is 0 Å². The Labute approximate surface area is 114 Å². The smallest absolute Gasteiger partial charge is 0.311 e. The predicted octanol–water partition coefficient (Wildman–Crippen LogP) is 3.92. The van der Waals surface area contributed by atoms with Crippen molar-refractivity contribution in [3.05, 3.63) is 33.5 Å². The maximum Gasteiger partial charge on any atom is 0.311 e. The van der Waals surface area contributed by atoms with E-state index in [4.69, 9.17) is 4.74 Å². The molecule has 0 atom stereocenters. The molecule has 0 fully saturated rings. The summed E-state index contributed by atoms with van der Waals surface area (Å²) in [5, 5.41) is 0. The molecule has 0 radical (unpaired) electrons. The molecule has 0 unspecified atom stereocenters. The number of esters is 1. The quantitative estimate of drug-likeness (QED) is 0.552. The summed E-state index contributed by atoms with van der Waals surface area (Å²) < 4.78 is 4.99. The number of ether oxygens (including phenoxy) is 1. The molecule has 0 spiro atoms. The molecule has 1 rings (SSSR count). The van der Waals surface area contributed by atoms with Crippen LogP contribution in [0.4, 0.5) is 0 Å². The van der Waals surface area contributed by atoms with Crippen molar-refractivity contribution in [3.63, 3.8) is 0 Å². The first kappa shape index (κ1) is 15.0. The molecule has 1 heterocycles. The van der Waals surface area contributed by atoms with Gasteiger partial charge in [-0.2, -0.15) is 0 Å². The van der Waals surface area contributed by atoms with E-state index in [0.717, 1.165) is 29.7 Å². The van der Waals surface area contributed by atoms with E-state index in [1.165, 1.54) is 10.4 Å². The molecule has 0 N–H and O–H groups in total. The van der Waals surface area contributed by atoms with Crippen molar-refractivity contribution in [2.45, 2.75) is 46.5 Å². The molecule has 1 aromatic heterocycles. The van der Waals surface area contributed by atoms with Gasteiger partial charge >= 0.3 is 5.97 Å². The van der Waals surface area contributed by atoms with Crippen LogP contribution in [0, 0.1) is 0 Å². The average Bonchev–Trinajstić information content (AvgIpc) is 2.60. The average molecular weight is 266 g/mol. The molecule has 0 aliphatic heterocycles. The summed E-state index contributed by atoms with van der Waals surface area (Å²) >= 11 is 1.74. The standard InChI is InChI=1S/C15H22O2S/c1-5-7-14-12(8-11(3)4)9-13(18-14)10-15(16)17-6-2/h9H,3,5-8,10H2,1-2,4H3. The lowest BCUT2D eigenvalue weighted by Gasteiger charge is -2.00. The molecule has 100 valence electrons. The zero-order valence-electron chi connectivity index (χ0n) is 11.5. The molecule has 0 aliphatic carbocycles. The Bertz CT molecular complexity index is 418. The first-order valence-corrected chi connectivity index (χ1v) is 7.28. The van der Waals surface area contributed by atoms with Crippen LogP contribution in [0.15, 0.2) is 18.2 Å². The highest BCUT2D eigenvalue weighted by Crippen LogP contribution is 2.26. The minimum atomic E-state index is -0.135. The Morgan fingerprint density at radius 1 is 1.39 bits per heavy atom. The van der Waals surface area contributed by atoms with Crippen LogP contribution in [0.25, 0.3) is 0 Å². The molecule has 0 saturated heterocycles. The van der Waals surface area contributed by atoms with Gasteiger partial charge in [0.25, 0.3) is 0 Å². The zero-order valence-corrected chi connectivity index (χ0v) is 12.4. The molecular formula is C15H22O2S. The number of carbonyl (C=O) groups excluding carboxylic acids is 1. The Morgan fingerprint density at radius 3 is 2.67 bits per heavy atom. The maximum atomic E-state index is 11.5. The fourth-order valence-corrected chi connectivity index (χ4v) is 3.16. The Hall–Kier alpha value is -1.09. The molecule has 3 heteroatoms. The van der Waals surface area contributed by atoms with Gasteiger partial charge in [0.05, 0.1) is 13.0 Å². The van der Waals surface area contributed by atoms with Crippen LogP contribution in [0.2, 0.25) is 0 Å². The third-order valence-electron chi connectivity index (χ3n) is 2.54. The van der Waals surface area contributed by atoms with E-state index in [1.54, 1.807) is 11.3 Å². The van der Waals surface area contributed by atoms with E-state index in [-0.39, 0.29) is 5.97 Å². The number of aryl methyl sites for hydroxylation is 1. The summed E-state index contributed by atoms with van der Waals surface area (Å²) in [4.78, 5) is 14.0. The van der Waals surface area contributed by atoms with Gasteiger partial charge in [0, 0.05) is 9.75 Å². The number of allylic oxidation sites excluding steroid dienone is 1. The fourth-order valence-electron chi connectivity index (χ4n) is 1.88. The molecule has 0 aliphatic rings. The molecule has 18 heavy (non-hydrogen) atoms.